The summed E-state index contributed by atoms with van der Waals surface area (Å²) in [6.45, 7) is -0.282. The molecule has 0 saturated heterocycles. The average molecular weight is 273 g/mol. The van der Waals surface area contributed by atoms with Gasteiger partial charge >= 0.3 is 0 Å². The summed E-state index contributed by atoms with van der Waals surface area (Å²) < 4.78 is 26.8. The van der Waals surface area contributed by atoms with E-state index in [1.165, 1.54) is 24.3 Å². The maximum atomic E-state index is 13.6. The van der Waals surface area contributed by atoms with Crippen LogP contribution < -0.4 is 0 Å². The van der Waals surface area contributed by atoms with E-state index >= 15 is 0 Å². The Morgan fingerprint density at radius 3 is 2.05 bits per heavy atom. The van der Waals surface area contributed by atoms with Crippen molar-refractivity contribution < 1.29 is 18.4 Å². The molecule has 1 heterocycles. The number of rotatable bonds is 2. The predicted molar refractivity (Wildman–Crippen MR) is 67.0 cm³/mol. The van der Waals surface area contributed by atoms with Crippen molar-refractivity contribution in [2.24, 2.45) is 0 Å². The van der Waals surface area contributed by atoms with E-state index < -0.39 is 23.4 Å². The van der Waals surface area contributed by atoms with E-state index in [1.54, 1.807) is 12.1 Å². The van der Waals surface area contributed by atoms with Crippen LogP contribution in [0, 0.1) is 11.6 Å². The Kier molecular flexibility index (Phi) is 2.82. The van der Waals surface area contributed by atoms with Crippen LogP contribution in [0.2, 0.25) is 0 Å². The number of carbonyl (C=O) groups excluding carboxylic acids is 2. The van der Waals surface area contributed by atoms with Crippen LogP contribution in [-0.4, -0.2) is 16.7 Å². The lowest BCUT2D eigenvalue weighted by molar-refractivity contribution is 0.0640. The number of carbonyl (C=O) groups is 2. The number of benzene rings is 2. The lowest BCUT2D eigenvalue weighted by atomic mass is 10.1. The fourth-order valence-electron chi connectivity index (χ4n) is 2.22. The van der Waals surface area contributed by atoms with Crippen molar-refractivity contribution in [1.82, 2.24) is 4.90 Å². The molecule has 0 radical (unpaired) electrons. The highest BCUT2D eigenvalue weighted by atomic mass is 19.2. The highest BCUT2D eigenvalue weighted by Gasteiger charge is 2.35. The molecular weight excluding hydrogens is 264 g/mol. The molecule has 0 aromatic heterocycles. The molecule has 100 valence electrons. The topological polar surface area (TPSA) is 37.4 Å². The van der Waals surface area contributed by atoms with E-state index in [0.29, 0.717) is 0 Å². The number of nitrogens with zero attached hydrogens (tertiary/aromatic N) is 1. The zero-order valence-electron chi connectivity index (χ0n) is 10.3. The first-order valence-corrected chi connectivity index (χ1v) is 5.97. The van der Waals surface area contributed by atoms with Crippen molar-refractivity contribution in [2.45, 2.75) is 6.54 Å². The van der Waals surface area contributed by atoms with Crippen molar-refractivity contribution in [1.29, 1.82) is 0 Å². The predicted octanol–water partition coefficient (Wildman–Crippen LogP) is 2.76. The summed E-state index contributed by atoms with van der Waals surface area (Å²) in [4.78, 5) is 25.1. The molecule has 0 aliphatic carbocycles. The summed E-state index contributed by atoms with van der Waals surface area (Å²) in [5, 5.41) is 0. The molecule has 0 spiro atoms. The lowest BCUT2D eigenvalue weighted by Gasteiger charge is -2.14. The van der Waals surface area contributed by atoms with Crippen LogP contribution in [0.15, 0.2) is 42.5 Å². The van der Waals surface area contributed by atoms with Crippen LogP contribution in [0.5, 0.6) is 0 Å². The first kappa shape index (κ1) is 12.5. The van der Waals surface area contributed by atoms with Gasteiger partial charge < -0.3 is 0 Å². The van der Waals surface area contributed by atoms with Gasteiger partial charge in [-0.2, -0.15) is 0 Å². The highest BCUT2D eigenvalue weighted by molar-refractivity contribution is 6.21. The molecular formula is C15H9F2NO2. The molecule has 1 aliphatic rings. The van der Waals surface area contributed by atoms with Crippen molar-refractivity contribution >= 4 is 11.8 Å². The van der Waals surface area contributed by atoms with E-state index in [2.05, 4.69) is 0 Å². The number of fused-ring (bicyclic) bond motifs is 1. The van der Waals surface area contributed by atoms with Gasteiger partial charge in [0, 0.05) is 5.56 Å². The molecule has 3 nitrogen and oxygen atoms in total. The second kappa shape index (κ2) is 4.52. The van der Waals surface area contributed by atoms with Crippen LogP contribution >= 0.6 is 0 Å². The number of hydrogen-bond acceptors (Lipinski definition) is 2. The third kappa shape index (κ3) is 1.79. The van der Waals surface area contributed by atoms with Gasteiger partial charge in [0.15, 0.2) is 11.6 Å². The summed E-state index contributed by atoms with van der Waals surface area (Å²) in [6.07, 6.45) is 0. The van der Waals surface area contributed by atoms with Crippen molar-refractivity contribution in [3.63, 3.8) is 0 Å². The zero-order chi connectivity index (χ0) is 14.3. The Morgan fingerprint density at radius 2 is 1.45 bits per heavy atom. The minimum Gasteiger partial charge on any atom is -0.270 e. The van der Waals surface area contributed by atoms with Crippen LogP contribution in [0.3, 0.4) is 0 Å². The van der Waals surface area contributed by atoms with E-state index in [4.69, 9.17) is 0 Å². The quantitative estimate of drug-likeness (QED) is 0.789. The smallest absolute Gasteiger partial charge is 0.261 e. The fourth-order valence-corrected chi connectivity index (χ4v) is 2.22. The van der Waals surface area contributed by atoms with Crippen LogP contribution in [-0.2, 0) is 6.54 Å². The lowest BCUT2D eigenvalue weighted by Crippen LogP contribution is -2.29. The standard InChI is InChI=1S/C15H9F2NO2/c16-12-7-3-4-9(13(12)17)8-18-14(19)10-5-1-2-6-11(10)15(18)20/h1-7H,8H2. The van der Waals surface area contributed by atoms with Crippen molar-refractivity contribution in [3.8, 4) is 0 Å². The Morgan fingerprint density at radius 1 is 0.850 bits per heavy atom. The minimum atomic E-state index is -1.04. The third-order valence-corrected chi connectivity index (χ3v) is 3.24. The van der Waals surface area contributed by atoms with Gasteiger partial charge in [-0.05, 0) is 18.2 Å². The third-order valence-electron chi connectivity index (χ3n) is 3.24. The molecule has 0 N–H and O–H groups in total. The summed E-state index contributed by atoms with van der Waals surface area (Å²) in [7, 11) is 0. The van der Waals surface area contributed by atoms with E-state index in [0.717, 1.165) is 11.0 Å². The molecule has 2 aromatic rings. The Labute approximate surface area is 113 Å². The molecule has 5 heteroatoms. The number of hydrogen-bond donors (Lipinski definition) is 0. The molecule has 20 heavy (non-hydrogen) atoms. The van der Waals surface area contributed by atoms with Crippen LogP contribution in [0.4, 0.5) is 8.78 Å². The Bertz CT molecular complexity index is 693. The first-order chi connectivity index (χ1) is 9.59. The van der Waals surface area contributed by atoms with Crippen LogP contribution in [0.25, 0.3) is 0 Å². The molecule has 0 saturated carbocycles. The highest BCUT2D eigenvalue weighted by Crippen LogP contribution is 2.25. The van der Waals surface area contributed by atoms with Gasteiger partial charge in [0.2, 0.25) is 0 Å². The van der Waals surface area contributed by atoms with Gasteiger partial charge in [-0.1, -0.05) is 24.3 Å². The molecule has 0 fully saturated rings. The Balaban J connectivity index is 1.96. The normalized spacial score (nSPS) is 13.8. The van der Waals surface area contributed by atoms with Gasteiger partial charge in [0.1, 0.15) is 0 Å². The summed E-state index contributed by atoms with van der Waals surface area (Å²) in [5.74, 6) is -3.02. The SMILES string of the molecule is O=C1c2ccccc2C(=O)N1Cc1cccc(F)c1F. The molecule has 0 unspecified atom stereocenters. The van der Waals surface area contributed by atoms with Crippen molar-refractivity contribution in [2.75, 3.05) is 0 Å². The van der Waals surface area contributed by atoms with Gasteiger partial charge in [0.05, 0.1) is 17.7 Å². The minimum absolute atomic E-state index is 0.0282. The maximum absolute atomic E-state index is 13.6. The molecule has 0 atom stereocenters. The molecule has 3 rings (SSSR count). The van der Waals surface area contributed by atoms with Gasteiger partial charge in [0.25, 0.3) is 11.8 Å². The summed E-state index contributed by atoms with van der Waals surface area (Å²) >= 11 is 0. The van der Waals surface area contributed by atoms with E-state index in [1.807, 2.05) is 0 Å². The summed E-state index contributed by atoms with van der Waals surface area (Å²) in [5.41, 5.74) is 0.545. The van der Waals surface area contributed by atoms with E-state index in [9.17, 15) is 18.4 Å². The monoisotopic (exact) mass is 273 g/mol. The van der Waals surface area contributed by atoms with E-state index in [-0.39, 0.29) is 23.2 Å². The fraction of sp³-hybridized carbons (Fsp3) is 0.0667. The molecule has 0 bridgehead atoms. The number of halogens is 2. The molecule has 2 aromatic carbocycles. The number of imide groups is 1. The first-order valence-electron chi connectivity index (χ1n) is 5.97. The van der Waals surface area contributed by atoms with Crippen LogP contribution in [0.1, 0.15) is 26.3 Å². The molecule has 2 amide bonds. The maximum Gasteiger partial charge on any atom is 0.261 e. The largest absolute Gasteiger partial charge is 0.270 e. The second-order valence-corrected chi connectivity index (χ2v) is 4.45. The second-order valence-electron chi connectivity index (χ2n) is 4.45. The number of amides is 2. The zero-order valence-corrected chi connectivity index (χ0v) is 10.3. The molecule has 1 aliphatic heterocycles. The van der Waals surface area contributed by atoms with Gasteiger partial charge in [-0.25, -0.2) is 8.78 Å². The van der Waals surface area contributed by atoms with Gasteiger partial charge in [-0.15, -0.1) is 0 Å². The average Bonchev–Trinajstić information content (AvgIpc) is 2.69. The summed E-state index contributed by atoms with van der Waals surface area (Å²) in [6, 6.07) is 10.1. The van der Waals surface area contributed by atoms with Gasteiger partial charge in [-0.3, -0.25) is 14.5 Å². The Hall–Kier alpha value is -2.56. The van der Waals surface area contributed by atoms with Crippen molar-refractivity contribution in [3.05, 3.63) is 70.8 Å².